The van der Waals surface area contributed by atoms with Gasteiger partial charge in [-0.2, -0.15) is 0 Å². The maximum Gasteiger partial charge on any atom is 0.257 e. The topological polar surface area (TPSA) is 38.3 Å². The number of amides is 1. The molecule has 0 bridgehead atoms. The number of nitrogens with one attached hydrogen (secondary N) is 1. The van der Waals surface area contributed by atoms with Gasteiger partial charge in [-0.05, 0) is 30.9 Å². The van der Waals surface area contributed by atoms with Crippen LogP contribution in [0.25, 0.3) is 0 Å². The monoisotopic (exact) mass is 223 g/mol. The normalized spacial score (nSPS) is 14.6. The molecule has 0 spiro atoms. The van der Waals surface area contributed by atoms with Crippen LogP contribution < -0.4 is 10.1 Å². The third kappa shape index (κ3) is 3.53. The summed E-state index contributed by atoms with van der Waals surface area (Å²) in [5.74, 6) is 0.506. The van der Waals surface area contributed by atoms with Crippen molar-refractivity contribution < 1.29 is 13.9 Å². The van der Waals surface area contributed by atoms with Gasteiger partial charge in [0.2, 0.25) is 0 Å². The summed E-state index contributed by atoms with van der Waals surface area (Å²) in [4.78, 5) is 11.3. The van der Waals surface area contributed by atoms with E-state index in [9.17, 15) is 9.18 Å². The van der Waals surface area contributed by atoms with E-state index in [1.54, 1.807) is 12.1 Å². The standard InChI is InChI=1S/C12H14FNO2/c13-10-2-1-3-11(6-10)16-8-12(15)14-7-9-4-5-9/h1-3,6,9H,4-5,7-8H2,(H,14,15). The van der Waals surface area contributed by atoms with Gasteiger partial charge in [-0.25, -0.2) is 4.39 Å². The van der Waals surface area contributed by atoms with Gasteiger partial charge in [-0.1, -0.05) is 6.07 Å². The lowest BCUT2D eigenvalue weighted by atomic mass is 10.3. The summed E-state index contributed by atoms with van der Waals surface area (Å²) >= 11 is 0. The molecule has 1 aliphatic rings. The van der Waals surface area contributed by atoms with E-state index in [1.807, 2.05) is 0 Å². The van der Waals surface area contributed by atoms with Crippen LogP contribution in [0, 0.1) is 11.7 Å². The summed E-state index contributed by atoms with van der Waals surface area (Å²) in [5, 5.41) is 2.77. The second-order valence-corrected chi connectivity index (χ2v) is 3.99. The summed E-state index contributed by atoms with van der Waals surface area (Å²) in [6, 6.07) is 5.76. The van der Waals surface area contributed by atoms with E-state index in [0.29, 0.717) is 11.7 Å². The Bertz CT molecular complexity index is 377. The molecular weight excluding hydrogens is 209 g/mol. The van der Waals surface area contributed by atoms with Crippen LogP contribution in [0.4, 0.5) is 4.39 Å². The van der Waals surface area contributed by atoms with Crippen LogP contribution in [0.1, 0.15) is 12.8 Å². The minimum atomic E-state index is -0.365. The molecule has 0 unspecified atom stereocenters. The Hall–Kier alpha value is -1.58. The molecule has 3 nitrogen and oxygen atoms in total. The van der Waals surface area contributed by atoms with Gasteiger partial charge in [0, 0.05) is 12.6 Å². The predicted octanol–water partition coefficient (Wildman–Crippen LogP) is 1.73. The number of hydrogen-bond donors (Lipinski definition) is 1. The van der Waals surface area contributed by atoms with Gasteiger partial charge in [-0.3, -0.25) is 4.79 Å². The second kappa shape index (κ2) is 4.96. The molecule has 1 N–H and O–H groups in total. The third-order valence-electron chi connectivity index (χ3n) is 2.45. The SMILES string of the molecule is O=C(COc1cccc(F)c1)NCC1CC1. The molecule has 0 saturated heterocycles. The highest BCUT2D eigenvalue weighted by atomic mass is 19.1. The van der Waals surface area contributed by atoms with Crippen molar-refractivity contribution in [2.45, 2.75) is 12.8 Å². The molecule has 1 amide bonds. The number of rotatable bonds is 5. The average molecular weight is 223 g/mol. The molecule has 1 aromatic carbocycles. The van der Waals surface area contributed by atoms with Crippen molar-refractivity contribution in [2.24, 2.45) is 5.92 Å². The Labute approximate surface area is 93.6 Å². The van der Waals surface area contributed by atoms with Crippen molar-refractivity contribution in [3.63, 3.8) is 0 Å². The van der Waals surface area contributed by atoms with E-state index in [1.165, 1.54) is 25.0 Å². The highest BCUT2D eigenvalue weighted by Crippen LogP contribution is 2.27. The van der Waals surface area contributed by atoms with Crippen LogP contribution in [0.5, 0.6) is 5.75 Å². The molecule has 0 atom stereocenters. The number of carbonyl (C=O) groups is 1. The number of halogens is 1. The van der Waals surface area contributed by atoms with E-state index in [4.69, 9.17) is 4.74 Å². The molecule has 1 aliphatic carbocycles. The van der Waals surface area contributed by atoms with E-state index >= 15 is 0 Å². The third-order valence-corrected chi connectivity index (χ3v) is 2.45. The summed E-state index contributed by atoms with van der Waals surface area (Å²) < 4.78 is 17.9. The van der Waals surface area contributed by atoms with E-state index in [2.05, 4.69) is 5.32 Å². The molecular formula is C12H14FNO2. The molecule has 86 valence electrons. The van der Waals surface area contributed by atoms with Gasteiger partial charge in [0.1, 0.15) is 11.6 Å². The van der Waals surface area contributed by atoms with Crippen molar-refractivity contribution in [2.75, 3.05) is 13.2 Å². The van der Waals surface area contributed by atoms with Crippen molar-refractivity contribution in [3.05, 3.63) is 30.1 Å². The van der Waals surface area contributed by atoms with Crippen LogP contribution in [0.2, 0.25) is 0 Å². The Morgan fingerprint density at radius 2 is 2.31 bits per heavy atom. The lowest BCUT2D eigenvalue weighted by Gasteiger charge is -2.06. The Balaban J connectivity index is 1.71. The number of hydrogen-bond acceptors (Lipinski definition) is 2. The molecule has 4 heteroatoms. The van der Waals surface area contributed by atoms with Crippen molar-refractivity contribution in [1.29, 1.82) is 0 Å². The van der Waals surface area contributed by atoms with Crippen LogP contribution in [-0.2, 0) is 4.79 Å². The highest BCUT2D eigenvalue weighted by Gasteiger charge is 2.21. The predicted molar refractivity (Wildman–Crippen MR) is 57.6 cm³/mol. The second-order valence-electron chi connectivity index (χ2n) is 3.99. The lowest BCUT2D eigenvalue weighted by molar-refractivity contribution is -0.123. The molecule has 0 heterocycles. The summed E-state index contributed by atoms with van der Waals surface area (Å²) in [6.45, 7) is 0.668. The molecule has 0 aliphatic heterocycles. The fraction of sp³-hybridized carbons (Fsp3) is 0.417. The Kier molecular flexibility index (Phi) is 3.39. The van der Waals surface area contributed by atoms with Gasteiger partial charge in [0.15, 0.2) is 6.61 Å². The van der Waals surface area contributed by atoms with E-state index in [0.717, 1.165) is 6.54 Å². The summed E-state index contributed by atoms with van der Waals surface area (Å²) in [6.07, 6.45) is 2.40. The number of ether oxygens (including phenoxy) is 1. The van der Waals surface area contributed by atoms with Crippen molar-refractivity contribution in [1.82, 2.24) is 5.32 Å². The maximum absolute atomic E-state index is 12.8. The zero-order valence-corrected chi connectivity index (χ0v) is 8.91. The summed E-state index contributed by atoms with van der Waals surface area (Å²) in [5.41, 5.74) is 0. The highest BCUT2D eigenvalue weighted by molar-refractivity contribution is 5.77. The molecule has 0 aromatic heterocycles. The molecule has 16 heavy (non-hydrogen) atoms. The van der Waals surface area contributed by atoms with Crippen LogP contribution in [0.15, 0.2) is 24.3 Å². The Morgan fingerprint density at radius 3 is 3.00 bits per heavy atom. The zero-order valence-electron chi connectivity index (χ0n) is 8.91. The number of benzene rings is 1. The fourth-order valence-electron chi connectivity index (χ4n) is 1.34. The van der Waals surface area contributed by atoms with Crippen LogP contribution in [-0.4, -0.2) is 19.1 Å². The van der Waals surface area contributed by atoms with Crippen molar-refractivity contribution >= 4 is 5.91 Å². The molecule has 1 saturated carbocycles. The minimum Gasteiger partial charge on any atom is -0.484 e. The van der Waals surface area contributed by atoms with Crippen molar-refractivity contribution in [3.8, 4) is 5.75 Å². The van der Waals surface area contributed by atoms with Gasteiger partial charge >= 0.3 is 0 Å². The first-order valence-electron chi connectivity index (χ1n) is 5.39. The van der Waals surface area contributed by atoms with Crippen LogP contribution >= 0.6 is 0 Å². The van der Waals surface area contributed by atoms with Gasteiger partial charge in [0.05, 0.1) is 0 Å². The first-order chi connectivity index (χ1) is 7.74. The van der Waals surface area contributed by atoms with E-state index < -0.39 is 0 Å². The quantitative estimate of drug-likeness (QED) is 0.825. The maximum atomic E-state index is 12.8. The van der Waals surface area contributed by atoms with Crippen LogP contribution in [0.3, 0.4) is 0 Å². The number of carbonyl (C=O) groups excluding carboxylic acids is 1. The smallest absolute Gasteiger partial charge is 0.257 e. The molecule has 0 radical (unpaired) electrons. The van der Waals surface area contributed by atoms with Gasteiger partial charge in [0.25, 0.3) is 5.91 Å². The molecule has 2 rings (SSSR count). The van der Waals surface area contributed by atoms with Gasteiger partial charge in [-0.15, -0.1) is 0 Å². The first-order valence-corrected chi connectivity index (χ1v) is 5.39. The summed E-state index contributed by atoms with van der Waals surface area (Å²) in [7, 11) is 0. The average Bonchev–Trinajstić information content (AvgIpc) is 3.07. The fourth-order valence-corrected chi connectivity index (χ4v) is 1.34. The molecule has 1 aromatic rings. The Morgan fingerprint density at radius 1 is 1.50 bits per heavy atom. The largest absolute Gasteiger partial charge is 0.484 e. The minimum absolute atomic E-state index is 0.0594. The van der Waals surface area contributed by atoms with E-state index in [-0.39, 0.29) is 18.3 Å². The first kappa shape index (κ1) is 10.9. The zero-order chi connectivity index (χ0) is 11.4. The molecule has 1 fully saturated rings. The van der Waals surface area contributed by atoms with Gasteiger partial charge < -0.3 is 10.1 Å². The lowest BCUT2D eigenvalue weighted by Crippen LogP contribution is -2.30.